The summed E-state index contributed by atoms with van der Waals surface area (Å²) in [7, 11) is 0. The van der Waals surface area contributed by atoms with Crippen LogP contribution in [0.2, 0.25) is 0 Å². The largest absolute Gasteiger partial charge is 0.326 e. The van der Waals surface area contributed by atoms with Crippen LogP contribution in [0.3, 0.4) is 0 Å². The van der Waals surface area contributed by atoms with Gasteiger partial charge in [0.25, 0.3) is 0 Å². The molecule has 0 aliphatic rings. The second kappa shape index (κ2) is 7.10. The number of carbonyl (C=O) groups is 1. The molecule has 2 aromatic rings. The van der Waals surface area contributed by atoms with Crippen molar-refractivity contribution in [3.63, 3.8) is 0 Å². The van der Waals surface area contributed by atoms with Crippen LogP contribution in [0.15, 0.2) is 53.4 Å². The molecular weight excluding hydrogens is 273 g/mol. The summed E-state index contributed by atoms with van der Waals surface area (Å²) in [6.45, 7) is 0. The number of hydrogen-bond acceptors (Lipinski definition) is 2. The standard InChI is InChI=1S/C16H16FNOS/c1-20-15-7-3-6-14(11-15)18-16(19)9-8-12-4-2-5-13(17)10-12/h2-7,10-11H,8-9H2,1H3,(H,18,19). The summed E-state index contributed by atoms with van der Waals surface area (Å²) >= 11 is 1.63. The zero-order valence-electron chi connectivity index (χ0n) is 11.2. The topological polar surface area (TPSA) is 29.1 Å². The summed E-state index contributed by atoms with van der Waals surface area (Å²) in [5, 5.41) is 2.86. The first-order valence-electron chi connectivity index (χ1n) is 6.36. The quantitative estimate of drug-likeness (QED) is 0.839. The monoisotopic (exact) mass is 289 g/mol. The molecule has 0 atom stereocenters. The Morgan fingerprint density at radius 2 is 2.00 bits per heavy atom. The minimum absolute atomic E-state index is 0.0625. The van der Waals surface area contributed by atoms with Crippen molar-refractivity contribution in [2.75, 3.05) is 11.6 Å². The van der Waals surface area contributed by atoms with E-state index in [2.05, 4.69) is 5.32 Å². The van der Waals surface area contributed by atoms with E-state index in [0.717, 1.165) is 16.1 Å². The Labute approximate surface area is 122 Å². The van der Waals surface area contributed by atoms with Crippen LogP contribution in [0.4, 0.5) is 10.1 Å². The molecule has 0 spiro atoms. The molecule has 1 amide bonds. The maximum absolute atomic E-state index is 13.0. The third kappa shape index (κ3) is 4.38. The van der Waals surface area contributed by atoms with Crippen molar-refractivity contribution < 1.29 is 9.18 Å². The van der Waals surface area contributed by atoms with Gasteiger partial charge in [0.1, 0.15) is 5.82 Å². The fourth-order valence-electron chi connectivity index (χ4n) is 1.87. The van der Waals surface area contributed by atoms with Crippen LogP contribution in [0.25, 0.3) is 0 Å². The van der Waals surface area contributed by atoms with Gasteiger partial charge in [0.05, 0.1) is 0 Å². The van der Waals surface area contributed by atoms with Crippen LogP contribution < -0.4 is 5.32 Å². The summed E-state index contributed by atoms with van der Waals surface area (Å²) < 4.78 is 13.0. The average Bonchev–Trinajstić information content (AvgIpc) is 2.45. The average molecular weight is 289 g/mol. The lowest BCUT2D eigenvalue weighted by Crippen LogP contribution is -2.12. The minimum atomic E-state index is -0.268. The first-order valence-corrected chi connectivity index (χ1v) is 7.58. The molecule has 0 heterocycles. The Balaban J connectivity index is 1.89. The van der Waals surface area contributed by atoms with E-state index in [1.54, 1.807) is 17.8 Å². The Morgan fingerprint density at radius 1 is 1.20 bits per heavy atom. The number of benzene rings is 2. The van der Waals surface area contributed by atoms with Crippen LogP contribution in [0.1, 0.15) is 12.0 Å². The molecule has 0 aliphatic carbocycles. The number of hydrogen-bond donors (Lipinski definition) is 1. The Morgan fingerprint density at radius 3 is 2.75 bits per heavy atom. The molecule has 0 aliphatic heterocycles. The van der Waals surface area contributed by atoms with Crippen LogP contribution in [0, 0.1) is 5.82 Å². The molecule has 2 nitrogen and oxygen atoms in total. The Kier molecular flexibility index (Phi) is 5.18. The molecule has 0 bridgehead atoms. The summed E-state index contributed by atoms with van der Waals surface area (Å²) in [5.74, 6) is -0.330. The SMILES string of the molecule is CSc1cccc(NC(=O)CCc2cccc(F)c2)c1. The normalized spacial score (nSPS) is 10.3. The summed E-state index contributed by atoms with van der Waals surface area (Å²) in [5.41, 5.74) is 1.62. The summed E-state index contributed by atoms with van der Waals surface area (Å²) in [6, 6.07) is 14.0. The van der Waals surface area contributed by atoms with Gasteiger partial charge in [-0.3, -0.25) is 4.79 Å². The minimum Gasteiger partial charge on any atom is -0.326 e. The van der Waals surface area contributed by atoms with Gasteiger partial charge in [-0.15, -0.1) is 11.8 Å². The first kappa shape index (κ1) is 14.6. The molecule has 2 aromatic carbocycles. The lowest BCUT2D eigenvalue weighted by atomic mass is 10.1. The third-order valence-electron chi connectivity index (χ3n) is 2.88. The fraction of sp³-hybridized carbons (Fsp3) is 0.188. The van der Waals surface area contributed by atoms with Crippen molar-refractivity contribution in [3.05, 3.63) is 59.9 Å². The molecule has 4 heteroatoms. The van der Waals surface area contributed by atoms with Gasteiger partial charge < -0.3 is 5.32 Å². The van der Waals surface area contributed by atoms with Gasteiger partial charge in [0.2, 0.25) is 5.91 Å². The number of thioether (sulfide) groups is 1. The summed E-state index contributed by atoms with van der Waals surface area (Å²) in [6.07, 6.45) is 2.86. The van der Waals surface area contributed by atoms with Crippen molar-refractivity contribution in [1.82, 2.24) is 0 Å². The number of halogens is 1. The zero-order valence-corrected chi connectivity index (χ0v) is 12.0. The maximum Gasteiger partial charge on any atom is 0.224 e. The van der Waals surface area contributed by atoms with Crippen LogP contribution in [-0.2, 0) is 11.2 Å². The molecule has 1 N–H and O–H groups in total. The van der Waals surface area contributed by atoms with Gasteiger partial charge in [0, 0.05) is 17.0 Å². The molecule has 0 aromatic heterocycles. The first-order chi connectivity index (χ1) is 9.67. The number of amides is 1. The van der Waals surface area contributed by atoms with Crippen molar-refractivity contribution in [1.29, 1.82) is 0 Å². The van der Waals surface area contributed by atoms with E-state index >= 15 is 0 Å². The van der Waals surface area contributed by atoms with Crippen molar-refractivity contribution in [3.8, 4) is 0 Å². The van der Waals surface area contributed by atoms with Gasteiger partial charge in [-0.1, -0.05) is 18.2 Å². The van der Waals surface area contributed by atoms with E-state index in [9.17, 15) is 9.18 Å². The van der Waals surface area contributed by atoms with E-state index < -0.39 is 0 Å². The highest BCUT2D eigenvalue weighted by molar-refractivity contribution is 7.98. The zero-order chi connectivity index (χ0) is 14.4. The van der Waals surface area contributed by atoms with Crippen LogP contribution in [0.5, 0.6) is 0 Å². The van der Waals surface area contributed by atoms with Crippen LogP contribution in [-0.4, -0.2) is 12.2 Å². The molecule has 0 saturated carbocycles. The maximum atomic E-state index is 13.0. The van der Waals surface area contributed by atoms with Crippen molar-refractivity contribution in [2.24, 2.45) is 0 Å². The molecule has 20 heavy (non-hydrogen) atoms. The van der Waals surface area contributed by atoms with Gasteiger partial charge in [-0.05, 0) is 48.6 Å². The predicted molar refractivity (Wildman–Crippen MR) is 81.6 cm³/mol. The van der Waals surface area contributed by atoms with E-state index in [4.69, 9.17) is 0 Å². The van der Waals surface area contributed by atoms with E-state index in [1.807, 2.05) is 36.6 Å². The summed E-state index contributed by atoms with van der Waals surface area (Å²) in [4.78, 5) is 13.0. The second-order valence-electron chi connectivity index (χ2n) is 4.41. The number of carbonyl (C=O) groups excluding carboxylic acids is 1. The Bertz CT molecular complexity index is 601. The molecule has 2 rings (SSSR count). The van der Waals surface area contributed by atoms with Crippen LogP contribution >= 0.6 is 11.8 Å². The number of rotatable bonds is 5. The lowest BCUT2D eigenvalue weighted by Gasteiger charge is -2.06. The predicted octanol–water partition coefficient (Wildman–Crippen LogP) is 4.12. The van der Waals surface area contributed by atoms with Crippen molar-refractivity contribution >= 4 is 23.4 Å². The van der Waals surface area contributed by atoms with E-state index in [-0.39, 0.29) is 11.7 Å². The molecule has 0 fully saturated rings. The van der Waals surface area contributed by atoms with Gasteiger partial charge in [-0.25, -0.2) is 4.39 Å². The highest BCUT2D eigenvalue weighted by Crippen LogP contribution is 2.19. The number of nitrogens with one attached hydrogen (secondary N) is 1. The Hall–Kier alpha value is -1.81. The highest BCUT2D eigenvalue weighted by atomic mass is 32.2. The fourth-order valence-corrected chi connectivity index (χ4v) is 2.33. The van der Waals surface area contributed by atoms with Gasteiger partial charge >= 0.3 is 0 Å². The van der Waals surface area contributed by atoms with Gasteiger partial charge in [-0.2, -0.15) is 0 Å². The third-order valence-corrected chi connectivity index (χ3v) is 3.61. The number of aryl methyl sites for hydroxylation is 1. The molecule has 0 radical (unpaired) electrons. The molecular formula is C16H16FNOS. The van der Waals surface area contributed by atoms with Crippen molar-refractivity contribution in [2.45, 2.75) is 17.7 Å². The molecule has 0 saturated heterocycles. The lowest BCUT2D eigenvalue weighted by molar-refractivity contribution is -0.116. The second-order valence-corrected chi connectivity index (χ2v) is 5.29. The smallest absolute Gasteiger partial charge is 0.224 e. The van der Waals surface area contributed by atoms with E-state index in [1.165, 1.54) is 12.1 Å². The molecule has 0 unspecified atom stereocenters. The van der Waals surface area contributed by atoms with Gasteiger partial charge in [0.15, 0.2) is 0 Å². The van der Waals surface area contributed by atoms with E-state index in [0.29, 0.717) is 12.8 Å². The highest BCUT2D eigenvalue weighted by Gasteiger charge is 2.04. The molecule has 104 valence electrons. The number of anilines is 1.